The molecule has 1 amide bonds. The number of carbonyl (C=O) groups is 1. The van der Waals surface area contributed by atoms with Crippen LogP contribution in [-0.2, 0) is 4.79 Å². The Hall–Kier alpha value is -3.59. The molecule has 0 bridgehead atoms. The highest BCUT2D eigenvalue weighted by atomic mass is 32.2. The minimum absolute atomic E-state index is 0.182. The van der Waals surface area contributed by atoms with Crippen molar-refractivity contribution in [3.63, 3.8) is 0 Å². The summed E-state index contributed by atoms with van der Waals surface area (Å²) in [6, 6.07) is 17.4. The van der Waals surface area contributed by atoms with E-state index in [4.69, 9.17) is 0 Å². The molecule has 0 saturated heterocycles. The average Bonchev–Trinajstić information content (AvgIpc) is 3.31. The van der Waals surface area contributed by atoms with Crippen molar-refractivity contribution in [1.29, 1.82) is 0 Å². The third kappa shape index (κ3) is 4.46. The number of fused-ring (bicyclic) bond motifs is 1. The van der Waals surface area contributed by atoms with Crippen molar-refractivity contribution in [2.45, 2.75) is 11.8 Å². The lowest BCUT2D eigenvalue weighted by Crippen LogP contribution is -2.21. The van der Waals surface area contributed by atoms with Crippen LogP contribution in [0.3, 0.4) is 0 Å². The Morgan fingerprint density at radius 3 is 2.90 bits per heavy atom. The van der Waals surface area contributed by atoms with Gasteiger partial charge < -0.3 is 0 Å². The molecule has 0 aliphatic rings. The molecule has 2 aromatic carbocycles. The van der Waals surface area contributed by atoms with Gasteiger partial charge in [-0.15, -0.1) is 16.9 Å². The highest BCUT2D eigenvalue weighted by molar-refractivity contribution is 8.00. The van der Waals surface area contributed by atoms with Crippen LogP contribution in [0, 0.1) is 0 Å². The van der Waals surface area contributed by atoms with Crippen LogP contribution in [0.15, 0.2) is 77.1 Å². The third-order valence-corrected chi connectivity index (χ3v) is 5.23. The minimum Gasteiger partial charge on any atom is -0.272 e. The zero-order valence-electron chi connectivity index (χ0n) is 15.6. The monoisotopic (exact) mass is 403 g/mol. The van der Waals surface area contributed by atoms with Crippen LogP contribution in [0.5, 0.6) is 0 Å². The summed E-state index contributed by atoms with van der Waals surface area (Å²) in [5, 5.41) is 16.4. The molecule has 0 aliphatic heterocycles. The molecule has 0 atom stereocenters. The molecule has 9 heteroatoms. The average molecular weight is 403 g/mol. The fourth-order valence-corrected chi connectivity index (χ4v) is 3.57. The van der Waals surface area contributed by atoms with Gasteiger partial charge >= 0.3 is 0 Å². The van der Waals surface area contributed by atoms with Crippen molar-refractivity contribution >= 4 is 34.3 Å². The predicted molar refractivity (Wildman–Crippen MR) is 112 cm³/mol. The van der Waals surface area contributed by atoms with Crippen molar-refractivity contribution in [3.8, 4) is 5.69 Å². The van der Waals surface area contributed by atoms with Crippen molar-refractivity contribution in [2.75, 3.05) is 5.75 Å². The SMILES string of the molecule is C/C(=N/NC(=O)CSc1cccc2cccnc12)c1cccc(-n2cnnn2)c1. The van der Waals surface area contributed by atoms with Crippen molar-refractivity contribution < 1.29 is 4.79 Å². The molecular weight excluding hydrogens is 386 g/mol. The number of rotatable bonds is 6. The van der Waals surface area contributed by atoms with Crippen LogP contribution in [0.4, 0.5) is 0 Å². The summed E-state index contributed by atoms with van der Waals surface area (Å²) in [6.07, 6.45) is 3.27. The highest BCUT2D eigenvalue weighted by Gasteiger charge is 2.07. The second-order valence-corrected chi connectivity index (χ2v) is 7.17. The number of tetrazole rings is 1. The Labute approximate surface area is 171 Å². The summed E-state index contributed by atoms with van der Waals surface area (Å²) >= 11 is 1.44. The molecule has 0 unspecified atom stereocenters. The van der Waals surface area contributed by atoms with Gasteiger partial charge in [-0.3, -0.25) is 9.78 Å². The number of nitrogens with one attached hydrogen (secondary N) is 1. The Morgan fingerprint density at radius 1 is 1.17 bits per heavy atom. The van der Waals surface area contributed by atoms with E-state index in [1.54, 1.807) is 10.9 Å². The van der Waals surface area contributed by atoms with E-state index in [9.17, 15) is 4.79 Å². The normalized spacial score (nSPS) is 11.6. The maximum absolute atomic E-state index is 12.3. The summed E-state index contributed by atoms with van der Waals surface area (Å²) in [4.78, 5) is 17.6. The summed E-state index contributed by atoms with van der Waals surface area (Å²) in [5.41, 5.74) is 5.87. The van der Waals surface area contributed by atoms with Gasteiger partial charge in [-0.05, 0) is 47.2 Å². The molecule has 2 heterocycles. The van der Waals surface area contributed by atoms with Gasteiger partial charge in [0.1, 0.15) is 6.33 Å². The van der Waals surface area contributed by atoms with Crippen LogP contribution < -0.4 is 5.43 Å². The first-order valence-corrected chi connectivity index (χ1v) is 9.83. The fraction of sp³-hybridized carbons (Fsp3) is 0.100. The van der Waals surface area contributed by atoms with Crippen LogP contribution in [0.1, 0.15) is 12.5 Å². The van der Waals surface area contributed by atoms with Crippen molar-refractivity contribution in [1.82, 2.24) is 30.6 Å². The molecule has 0 fully saturated rings. The van der Waals surface area contributed by atoms with E-state index in [1.165, 1.54) is 18.1 Å². The van der Waals surface area contributed by atoms with Crippen molar-refractivity contribution in [3.05, 3.63) is 72.7 Å². The lowest BCUT2D eigenvalue weighted by atomic mass is 10.1. The number of thioether (sulfide) groups is 1. The maximum Gasteiger partial charge on any atom is 0.250 e. The minimum atomic E-state index is -0.182. The predicted octanol–water partition coefficient (Wildman–Crippen LogP) is 2.84. The molecule has 1 N–H and O–H groups in total. The van der Waals surface area contributed by atoms with Crippen LogP contribution >= 0.6 is 11.8 Å². The second-order valence-electron chi connectivity index (χ2n) is 6.16. The lowest BCUT2D eigenvalue weighted by Gasteiger charge is -2.06. The smallest absolute Gasteiger partial charge is 0.250 e. The molecule has 144 valence electrons. The number of pyridine rings is 1. The number of benzene rings is 2. The number of hydrogen-bond acceptors (Lipinski definition) is 7. The quantitative estimate of drug-likeness (QED) is 0.302. The number of hydrogen-bond donors (Lipinski definition) is 1. The number of nitrogens with zero attached hydrogens (tertiary/aromatic N) is 6. The first-order chi connectivity index (χ1) is 14.2. The Kier molecular flexibility index (Phi) is 5.57. The molecule has 2 aromatic heterocycles. The maximum atomic E-state index is 12.3. The van der Waals surface area contributed by atoms with E-state index < -0.39 is 0 Å². The molecule has 8 nitrogen and oxygen atoms in total. The van der Waals surface area contributed by atoms with Crippen LogP contribution in [0.25, 0.3) is 16.6 Å². The Morgan fingerprint density at radius 2 is 2.03 bits per heavy atom. The molecule has 0 radical (unpaired) electrons. The largest absolute Gasteiger partial charge is 0.272 e. The van der Waals surface area contributed by atoms with Crippen molar-refractivity contribution in [2.24, 2.45) is 5.10 Å². The molecule has 0 spiro atoms. The summed E-state index contributed by atoms with van der Waals surface area (Å²) in [6.45, 7) is 1.83. The number of hydrazone groups is 1. The Balaban J connectivity index is 1.40. The first kappa shape index (κ1) is 18.8. The van der Waals surface area contributed by atoms with Gasteiger partial charge in [0.15, 0.2) is 0 Å². The highest BCUT2D eigenvalue weighted by Crippen LogP contribution is 2.25. The van der Waals surface area contributed by atoms with Gasteiger partial charge in [-0.2, -0.15) is 5.10 Å². The van der Waals surface area contributed by atoms with Gasteiger partial charge in [-0.1, -0.05) is 30.3 Å². The van der Waals surface area contributed by atoms with Crippen LogP contribution in [-0.4, -0.2) is 42.6 Å². The third-order valence-electron chi connectivity index (χ3n) is 4.18. The number of para-hydroxylation sites is 1. The number of carbonyl (C=O) groups excluding carboxylic acids is 1. The van der Waals surface area contributed by atoms with Gasteiger partial charge in [0.25, 0.3) is 0 Å². The Bertz CT molecular complexity index is 1170. The van der Waals surface area contributed by atoms with Gasteiger partial charge in [0.2, 0.25) is 5.91 Å². The topological polar surface area (TPSA) is 98.0 Å². The second kappa shape index (κ2) is 8.61. The molecule has 29 heavy (non-hydrogen) atoms. The lowest BCUT2D eigenvalue weighted by molar-refractivity contribution is -0.118. The van der Waals surface area contributed by atoms with Gasteiger partial charge in [0.05, 0.1) is 22.7 Å². The van der Waals surface area contributed by atoms with Crippen LogP contribution in [0.2, 0.25) is 0 Å². The molecule has 4 rings (SSSR count). The summed E-state index contributed by atoms with van der Waals surface area (Å²) in [7, 11) is 0. The van der Waals surface area contributed by atoms with E-state index in [0.717, 1.165) is 27.0 Å². The molecular formula is C20H17N7OS. The summed E-state index contributed by atoms with van der Waals surface area (Å²) < 4.78 is 1.56. The van der Waals surface area contributed by atoms with E-state index in [1.807, 2.05) is 61.5 Å². The molecule has 4 aromatic rings. The fourth-order valence-electron chi connectivity index (χ4n) is 2.73. The van der Waals surface area contributed by atoms with E-state index in [2.05, 4.69) is 31.0 Å². The van der Waals surface area contributed by atoms with Gasteiger partial charge in [0, 0.05) is 16.5 Å². The zero-order valence-corrected chi connectivity index (χ0v) is 16.4. The summed E-state index contributed by atoms with van der Waals surface area (Å²) in [5.74, 6) is 0.0656. The van der Waals surface area contributed by atoms with E-state index in [-0.39, 0.29) is 11.7 Å². The van der Waals surface area contributed by atoms with Gasteiger partial charge in [-0.25, -0.2) is 10.1 Å². The molecule has 0 saturated carbocycles. The standard InChI is InChI=1S/C20H17N7OS/c1-14(16-6-2-8-17(11-16)27-13-22-25-26-27)23-24-19(28)12-29-18-9-3-5-15-7-4-10-21-20(15)18/h2-11,13H,12H2,1H3,(H,24,28)/b23-14-. The molecule has 0 aliphatic carbocycles. The first-order valence-electron chi connectivity index (χ1n) is 8.84. The van der Waals surface area contributed by atoms with E-state index in [0.29, 0.717) is 5.71 Å². The number of amides is 1. The zero-order chi connectivity index (χ0) is 20.1. The number of aromatic nitrogens is 5. The van der Waals surface area contributed by atoms with E-state index >= 15 is 0 Å².